The maximum absolute atomic E-state index is 12.8. The van der Waals surface area contributed by atoms with Crippen molar-refractivity contribution in [2.45, 2.75) is 45.7 Å². The summed E-state index contributed by atoms with van der Waals surface area (Å²) in [5.41, 5.74) is 6.73. The first-order chi connectivity index (χ1) is 13.0. The van der Waals surface area contributed by atoms with E-state index >= 15 is 0 Å². The van der Waals surface area contributed by atoms with E-state index in [2.05, 4.69) is 10.4 Å². The molecule has 2 heterocycles. The van der Waals surface area contributed by atoms with E-state index in [9.17, 15) is 9.59 Å². The van der Waals surface area contributed by atoms with Gasteiger partial charge in [0, 0.05) is 25.1 Å². The Morgan fingerprint density at radius 3 is 2.67 bits per heavy atom. The number of carbonyl (C=O) groups is 2. The second-order valence-electron chi connectivity index (χ2n) is 7.66. The Labute approximate surface area is 159 Å². The van der Waals surface area contributed by atoms with E-state index in [0.717, 1.165) is 43.5 Å². The van der Waals surface area contributed by atoms with Crippen LogP contribution in [0.1, 0.15) is 43.6 Å². The minimum Gasteiger partial charge on any atom is -0.381 e. The second-order valence-corrected chi connectivity index (χ2v) is 7.66. The molecule has 2 aromatic rings. The lowest BCUT2D eigenvalue weighted by molar-refractivity contribution is -0.120. The van der Waals surface area contributed by atoms with Gasteiger partial charge in [0.25, 0.3) is 5.91 Å². The zero-order valence-corrected chi connectivity index (χ0v) is 16.0. The van der Waals surface area contributed by atoms with Crippen molar-refractivity contribution in [3.05, 3.63) is 30.0 Å². The number of rotatable bonds is 7. The zero-order chi connectivity index (χ0) is 19.4. The molecule has 7 nitrogen and oxygen atoms in total. The van der Waals surface area contributed by atoms with Crippen LogP contribution in [0.3, 0.4) is 0 Å². The number of para-hydroxylation sites is 1. The van der Waals surface area contributed by atoms with Gasteiger partial charge in [0.05, 0.1) is 5.52 Å². The van der Waals surface area contributed by atoms with E-state index in [-0.39, 0.29) is 11.8 Å². The third kappa shape index (κ3) is 4.66. The lowest BCUT2D eigenvalue weighted by Crippen LogP contribution is -2.45. The van der Waals surface area contributed by atoms with E-state index in [1.54, 1.807) is 0 Å². The molecule has 0 aliphatic carbocycles. The van der Waals surface area contributed by atoms with Crippen LogP contribution < -0.4 is 11.1 Å². The number of nitrogens with one attached hydrogen (secondary N) is 1. The second kappa shape index (κ2) is 8.52. The smallest absolute Gasteiger partial charge is 0.273 e. The summed E-state index contributed by atoms with van der Waals surface area (Å²) < 4.78 is 7.33. The highest BCUT2D eigenvalue weighted by molar-refractivity contribution is 6.06. The Balaban J connectivity index is 1.85. The highest BCUT2D eigenvalue weighted by atomic mass is 16.5. The summed E-state index contributed by atoms with van der Waals surface area (Å²) in [7, 11) is 0. The van der Waals surface area contributed by atoms with Crippen molar-refractivity contribution in [2.24, 2.45) is 17.6 Å². The van der Waals surface area contributed by atoms with Gasteiger partial charge in [0.1, 0.15) is 6.04 Å². The van der Waals surface area contributed by atoms with Crippen molar-refractivity contribution < 1.29 is 14.3 Å². The average molecular weight is 372 g/mol. The predicted octanol–water partition coefficient (Wildman–Crippen LogP) is 2.09. The van der Waals surface area contributed by atoms with Crippen LogP contribution in [-0.2, 0) is 16.1 Å². The number of amides is 2. The Bertz CT molecular complexity index is 809. The lowest BCUT2D eigenvalue weighted by atomic mass is 10.0. The summed E-state index contributed by atoms with van der Waals surface area (Å²) in [6.07, 6.45) is 2.49. The molecule has 3 rings (SSSR count). The molecule has 3 N–H and O–H groups in total. The Morgan fingerprint density at radius 2 is 2.00 bits per heavy atom. The number of nitrogens with two attached hydrogens (primary N) is 1. The molecule has 1 aromatic heterocycles. The quantitative estimate of drug-likeness (QED) is 0.777. The molecule has 0 unspecified atom stereocenters. The molecule has 7 heteroatoms. The minimum atomic E-state index is -0.697. The van der Waals surface area contributed by atoms with Crippen LogP contribution in [-0.4, -0.2) is 40.9 Å². The van der Waals surface area contributed by atoms with Gasteiger partial charge in [-0.1, -0.05) is 32.0 Å². The molecular formula is C20H28N4O3. The Hall–Kier alpha value is -2.41. The molecular weight excluding hydrogens is 344 g/mol. The molecule has 1 aliphatic rings. The van der Waals surface area contributed by atoms with Gasteiger partial charge >= 0.3 is 0 Å². The highest BCUT2D eigenvalue weighted by Gasteiger charge is 2.24. The van der Waals surface area contributed by atoms with Crippen LogP contribution in [0.5, 0.6) is 0 Å². The summed E-state index contributed by atoms with van der Waals surface area (Å²) in [6, 6.07) is 6.99. The number of benzene rings is 1. The maximum atomic E-state index is 12.8. The van der Waals surface area contributed by atoms with Crippen LogP contribution in [0.15, 0.2) is 24.3 Å². The van der Waals surface area contributed by atoms with Crippen molar-refractivity contribution in [3.8, 4) is 0 Å². The van der Waals surface area contributed by atoms with Gasteiger partial charge < -0.3 is 15.8 Å². The van der Waals surface area contributed by atoms with Gasteiger partial charge in [-0.3, -0.25) is 14.3 Å². The fraction of sp³-hybridized carbons (Fsp3) is 0.550. The Kier molecular flexibility index (Phi) is 6.11. The van der Waals surface area contributed by atoms with E-state index in [0.29, 0.717) is 18.0 Å². The molecule has 27 heavy (non-hydrogen) atoms. The van der Waals surface area contributed by atoms with Gasteiger partial charge in [-0.25, -0.2) is 0 Å². The molecule has 146 valence electrons. The SMILES string of the molecule is CC(C)C[C@H](NC(=O)c1nn(CC2CCOCC2)c2ccccc12)C(N)=O. The molecule has 0 saturated carbocycles. The molecule has 0 radical (unpaired) electrons. The summed E-state index contributed by atoms with van der Waals surface area (Å²) in [4.78, 5) is 24.5. The summed E-state index contributed by atoms with van der Waals surface area (Å²) in [6.45, 7) is 6.27. The molecule has 1 aliphatic heterocycles. The van der Waals surface area contributed by atoms with E-state index in [4.69, 9.17) is 10.5 Å². The molecule has 1 saturated heterocycles. The third-order valence-corrected chi connectivity index (χ3v) is 5.00. The largest absolute Gasteiger partial charge is 0.381 e. The number of carbonyl (C=O) groups excluding carboxylic acids is 2. The first kappa shape index (κ1) is 19.4. The number of primary amides is 1. The number of fused-ring (bicyclic) bond motifs is 1. The van der Waals surface area contributed by atoms with Gasteiger partial charge in [0.15, 0.2) is 5.69 Å². The first-order valence-electron chi connectivity index (χ1n) is 9.59. The maximum Gasteiger partial charge on any atom is 0.273 e. The van der Waals surface area contributed by atoms with Gasteiger partial charge in [-0.05, 0) is 37.2 Å². The summed E-state index contributed by atoms with van der Waals surface area (Å²) in [5.74, 6) is -0.160. The number of hydrogen-bond acceptors (Lipinski definition) is 4. The van der Waals surface area contributed by atoms with Crippen molar-refractivity contribution in [3.63, 3.8) is 0 Å². The fourth-order valence-corrected chi connectivity index (χ4v) is 3.55. The average Bonchev–Trinajstić information content (AvgIpc) is 3.00. The highest BCUT2D eigenvalue weighted by Crippen LogP contribution is 2.23. The van der Waals surface area contributed by atoms with Gasteiger partial charge in [-0.2, -0.15) is 5.10 Å². The molecule has 0 spiro atoms. The molecule has 1 atom stereocenters. The fourth-order valence-electron chi connectivity index (χ4n) is 3.55. The lowest BCUT2D eigenvalue weighted by Gasteiger charge is -2.22. The zero-order valence-electron chi connectivity index (χ0n) is 16.0. The van der Waals surface area contributed by atoms with Crippen molar-refractivity contribution >= 4 is 22.7 Å². The van der Waals surface area contributed by atoms with Crippen LogP contribution in [0.2, 0.25) is 0 Å². The summed E-state index contributed by atoms with van der Waals surface area (Å²) in [5, 5.41) is 8.14. The van der Waals surface area contributed by atoms with Crippen LogP contribution in [0.4, 0.5) is 0 Å². The standard InChI is InChI=1S/C20H28N4O3/c1-13(2)11-16(19(21)25)22-20(26)18-15-5-3-4-6-17(15)24(23-18)12-14-7-9-27-10-8-14/h3-6,13-14,16H,7-12H2,1-2H3,(H2,21,25)(H,22,26)/t16-/m0/s1. The van der Waals surface area contributed by atoms with Crippen LogP contribution in [0.25, 0.3) is 10.9 Å². The van der Waals surface area contributed by atoms with Gasteiger partial charge in [0.2, 0.25) is 5.91 Å². The van der Waals surface area contributed by atoms with Crippen molar-refractivity contribution in [2.75, 3.05) is 13.2 Å². The van der Waals surface area contributed by atoms with E-state index < -0.39 is 11.9 Å². The minimum absolute atomic E-state index is 0.241. The number of aromatic nitrogens is 2. The normalized spacial score (nSPS) is 16.6. The van der Waals surface area contributed by atoms with Crippen LogP contribution >= 0.6 is 0 Å². The summed E-state index contributed by atoms with van der Waals surface area (Å²) >= 11 is 0. The topological polar surface area (TPSA) is 99.2 Å². The first-order valence-corrected chi connectivity index (χ1v) is 9.59. The van der Waals surface area contributed by atoms with Crippen LogP contribution in [0, 0.1) is 11.8 Å². The van der Waals surface area contributed by atoms with Crippen molar-refractivity contribution in [1.29, 1.82) is 0 Å². The van der Waals surface area contributed by atoms with Crippen molar-refractivity contribution in [1.82, 2.24) is 15.1 Å². The monoisotopic (exact) mass is 372 g/mol. The number of ether oxygens (including phenoxy) is 1. The molecule has 1 aromatic carbocycles. The Morgan fingerprint density at radius 1 is 1.30 bits per heavy atom. The predicted molar refractivity (Wildman–Crippen MR) is 103 cm³/mol. The number of nitrogens with zero attached hydrogens (tertiary/aromatic N) is 2. The number of hydrogen-bond donors (Lipinski definition) is 2. The van der Waals surface area contributed by atoms with Gasteiger partial charge in [-0.15, -0.1) is 0 Å². The third-order valence-electron chi connectivity index (χ3n) is 5.00. The van der Waals surface area contributed by atoms with E-state index in [1.807, 2.05) is 42.8 Å². The van der Waals surface area contributed by atoms with E-state index in [1.165, 1.54) is 0 Å². The molecule has 2 amide bonds. The molecule has 0 bridgehead atoms. The molecule has 1 fully saturated rings.